The second-order valence-electron chi connectivity index (χ2n) is 4.50. The summed E-state index contributed by atoms with van der Waals surface area (Å²) in [5, 5.41) is 11.9. The highest BCUT2D eigenvalue weighted by molar-refractivity contribution is 6.30. The summed E-state index contributed by atoms with van der Waals surface area (Å²) in [6.07, 6.45) is 2.54. The van der Waals surface area contributed by atoms with Gasteiger partial charge in [0.2, 0.25) is 0 Å². The van der Waals surface area contributed by atoms with E-state index in [1.807, 2.05) is 6.92 Å². The summed E-state index contributed by atoms with van der Waals surface area (Å²) in [6.45, 7) is 2.58. The molecule has 0 spiro atoms. The maximum absolute atomic E-state index is 13.5. The summed E-state index contributed by atoms with van der Waals surface area (Å²) in [5.41, 5.74) is -0.0105. The third kappa shape index (κ3) is 5.17. The Bertz CT molecular complexity index is 420. The van der Waals surface area contributed by atoms with Gasteiger partial charge in [0.1, 0.15) is 5.82 Å². The number of aliphatic hydroxyl groups excluding tert-OH is 1. The van der Waals surface area contributed by atoms with Gasteiger partial charge in [0.25, 0.3) is 5.91 Å². The molecule has 19 heavy (non-hydrogen) atoms. The third-order valence-electron chi connectivity index (χ3n) is 2.96. The predicted octanol–water partition coefficient (Wildman–Crippen LogP) is 3.01. The molecule has 0 saturated heterocycles. The first-order valence-corrected chi connectivity index (χ1v) is 6.80. The zero-order valence-corrected chi connectivity index (χ0v) is 11.7. The van der Waals surface area contributed by atoms with E-state index in [2.05, 4.69) is 5.32 Å². The first kappa shape index (κ1) is 15.9. The lowest BCUT2D eigenvalue weighted by Crippen LogP contribution is -2.30. The van der Waals surface area contributed by atoms with Gasteiger partial charge in [-0.3, -0.25) is 4.79 Å². The zero-order valence-electron chi connectivity index (χ0n) is 11.0. The Balaban J connectivity index is 2.58. The van der Waals surface area contributed by atoms with Crippen molar-refractivity contribution in [3.8, 4) is 0 Å². The molecule has 1 aromatic carbocycles. The molecule has 1 unspecified atom stereocenters. The molecule has 3 nitrogen and oxygen atoms in total. The van der Waals surface area contributed by atoms with Crippen LogP contribution in [0.25, 0.3) is 0 Å². The maximum atomic E-state index is 13.5. The van der Waals surface area contributed by atoms with Crippen LogP contribution in [0, 0.1) is 11.7 Å². The molecule has 0 heterocycles. The highest BCUT2D eigenvalue weighted by Gasteiger charge is 2.14. The van der Waals surface area contributed by atoms with Crippen molar-refractivity contribution in [1.82, 2.24) is 5.32 Å². The van der Waals surface area contributed by atoms with Gasteiger partial charge in [0, 0.05) is 18.2 Å². The highest BCUT2D eigenvalue weighted by Crippen LogP contribution is 2.15. The molecular formula is C14H19ClFNO2. The molecule has 5 heteroatoms. The molecule has 0 fully saturated rings. The van der Waals surface area contributed by atoms with Crippen molar-refractivity contribution in [2.24, 2.45) is 5.92 Å². The second-order valence-corrected chi connectivity index (χ2v) is 4.94. The number of aliphatic hydroxyl groups is 1. The van der Waals surface area contributed by atoms with Gasteiger partial charge in [-0.05, 0) is 37.0 Å². The number of carbonyl (C=O) groups excluding carboxylic acids is 1. The van der Waals surface area contributed by atoms with Crippen LogP contribution < -0.4 is 5.32 Å². The van der Waals surface area contributed by atoms with Crippen LogP contribution in [0.1, 0.15) is 36.5 Å². The quantitative estimate of drug-likeness (QED) is 0.810. The average Bonchev–Trinajstić information content (AvgIpc) is 2.36. The lowest BCUT2D eigenvalue weighted by Gasteiger charge is -2.15. The SMILES string of the molecule is CCCC(CCO)CNC(=O)c1ccc(Cl)cc1F. The van der Waals surface area contributed by atoms with Crippen molar-refractivity contribution in [3.05, 3.63) is 34.6 Å². The maximum Gasteiger partial charge on any atom is 0.254 e. The van der Waals surface area contributed by atoms with E-state index in [1.165, 1.54) is 12.1 Å². The number of nitrogens with one attached hydrogen (secondary N) is 1. The normalized spacial score (nSPS) is 12.2. The summed E-state index contributed by atoms with van der Waals surface area (Å²) in [4.78, 5) is 11.8. The molecule has 0 aromatic heterocycles. The average molecular weight is 288 g/mol. The topological polar surface area (TPSA) is 49.3 Å². The van der Waals surface area contributed by atoms with E-state index in [9.17, 15) is 9.18 Å². The number of benzene rings is 1. The van der Waals surface area contributed by atoms with E-state index in [1.54, 1.807) is 0 Å². The summed E-state index contributed by atoms with van der Waals surface area (Å²) in [5.74, 6) is -0.860. The van der Waals surface area contributed by atoms with Gasteiger partial charge >= 0.3 is 0 Å². The molecule has 1 amide bonds. The minimum Gasteiger partial charge on any atom is -0.396 e. The van der Waals surface area contributed by atoms with Crippen LogP contribution in [0.15, 0.2) is 18.2 Å². The summed E-state index contributed by atoms with van der Waals surface area (Å²) in [6, 6.07) is 3.97. The molecule has 0 radical (unpaired) electrons. The van der Waals surface area contributed by atoms with Crippen molar-refractivity contribution in [1.29, 1.82) is 0 Å². The van der Waals surface area contributed by atoms with Crippen molar-refractivity contribution >= 4 is 17.5 Å². The Morgan fingerprint density at radius 3 is 2.79 bits per heavy atom. The first-order valence-electron chi connectivity index (χ1n) is 6.42. The summed E-state index contributed by atoms with van der Waals surface area (Å²) >= 11 is 5.63. The van der Waals surface area contributed by atoms with Crippen molar-refractivity contribution in [2.75, 3.05) is 13.2 Å². The van der Waals surface area contributed by atoms with Crippen LogP contribution in [0.4, 0.5) is 4.39 Å². The van der Waals surface area contributed by atoms with Crippen LogP contribution in [-0.2, 0) is 0 Å². The van der Waals surface area contributed by atoms with E-state index >= 15 is 0 Å². The van der Waals surface area contributed by atoms with Gasteiger partial charge in [0.05, 0.1) is 5.56 Å². The number of hydrogen-bond donors (Lipinski definition) is 2. The fourth-order valence-electron chi connectivity index (χ4n) is 1.95. The van der Waals surface area contributed by atoms with Gasteiger partial charge in [-0.1, -0.05) is 24.9 Å². The fourth-order valence-corrected chi connectivity index (χ4v) is 2.10. The lowest BCUT2D eigenvalue weighted by atomic mass is 10.00. The van der Waals surface area contributed by atoms with Gasteiger partial charge < -0.3 is 10.4 Å². The number of carbonyl (C=O) groups is 1. The van der Waals surface area contributed by atoms with Crippen LogP contribution in [0.5, 0.6) is 0 Å². The second kappa shape index (κ2) is 8.12. The van der Waals surface area contributed by atoms with Gasteiger partial charge in [-0.2, -0.15) is 0 Å². The summed E-state index contributed by atoms with van der Waals surface area (Å²) < 4.78 is 13.5. The molecule has 0 bridgehead atoms. The van der Waals surface area contributed by atoms with Crippen molar-refractivity contribution in [3.63, 3.8) is 0 Å². The lowest BCUT2D eigenvalue weighted by molar-refractivity contribution is 0.0939. The highest BCUT2D eigenvalue weighted by atomic mass is 35.5. The molecule has 1 rings (SSSR count). The minimum absolute atomic E-state index is 0.0105. The number of rotatable bonds is 7. The summed E-state index contributed by atoms with van der Waals surface area (Å²) in [7, 11) is 0. The van der Waals surface area contributed by atoms with Gasteiger partial charge in [0.15, 0.2) is 0 Å². The molecule has 0 aliphatic heterocycles. The fraction of sp³-hybridized carbons (Fsp3) is 0.500. The Hall–Kier alpha value is -1.13. The molecule has 2 N–H and O–H groups in total. The van der Waals surface area contributed by atoms with E-state index < -0.39 is 11.7 Å². The molecule has 106 valence electrons. The Labute approximate surface area is 117 Å². The van der Waals surface area contributed by atoms with E-state index in [4.69, 9.17) is 16.7 Å². The molecule has 0 aliphatic rings. The van der Waals surface area contributed by atoms with E-state index in [-0.39, 0.29) is 23.1 Å². The van der Waals surface area contributed by atoms with Crippen LogP contribution in [0.2, 0.25) is 5.02 Å². The Morgan fingerprint density at radius 2 is 2.21 bits per heavy atom. The monoisotopic (exact) mass is 287 g/mol. The zero-order chi connectivity index (χ0) is 14.3. The molecular weight excluding hydrogens is 269 g/mol. The first-order chi connectivity index (χ1) is 9.08. The largest absolute Gasteiger partial charge is 0.396 e. The number of hydrogen-bond acceptors (Lipinski definition) is 2. The van der Waals surface area contributed by atoms with Gasteiger partial charge in [-0.25, -0.2) is 4.39 Å². The number of halogens is 2. The van der Waals surface area contributed by atoms with Crippen LogP contribution >= 0.6 is 11.6 Å². The van der Waals surface area contributed by atoms with Crippen molar-refractivity contribution in [2.45, 2.75) is 26.2 Å². The molecule has 1 aromatic rings. The third-order valence-corrected chi connectivity index (χ3v) is 3.20. The number of amides is 1. The minimum atomic E-state index is -0.626. The molecule has 0 saturated carbocycles. The standard InChI is InChI=1S/C14H19ClFNO2/c1-2-3-10(6-7-18)9-17-14(19)12-5-4-11(15)8-13(12)16/h4-5,8,10,18H,2-3,6-7,9H2,1H3,(H,17,19). The van der Waals surface area contributed by atoms with Crippen molar-refractivity contribution < 1.29 is 14.3 Å². The predicted molar refractivity (Wildman–Crippen MR) is 73.8 cm³/mol. The van der Waals surface area contributed by atoms with E-state index in [0.29, 0.717) is 13.0 Å². The molecule has 0 aliphatic carbocycles. The Morgan fingerprint density at radius 1 is 1.47 bits per heavy atom. The van der Waals surface area contributed by atoms with Crippen LogP contribution in [-0.4, -0.2) is 24.2 Å². The van der Waals surface area contributed by atoms with Crippen LogP contribution in [0.3, 0.4) is 0 Å². The molecule has 1 atom stereocenters. The van der Waals surface area contributed by atoms with Gasteiger partial charge in [-0.15, -0.1) is 0 Å². The van der Waals surface area contributed by atoms with E-state index in [0.717, 1.165) is 18.9 Å². The Kier molecular flexibility index (Phi) is 6.81. The smallest absolute Gasteiger partial charge is 0.254 e.